The van der Waals surface area contributed by atoms with E-state index in [0.29, 0.717) is 17.4 Å². The van der Waals surface area contributed by atoms with Crippen molar-refractivity contribution in [2.24, 2.45) is 0 Å². The normalized spacial score (nSPS) is 10.2. The third-order valence-electron chi connectivity index (χ3n) is 1.11. The molecule has 0 saturated carbocycles. The number of nitrogens with zero attached hydrogens (tertiary/aromatic N) is 2. The van der Waals surface area contributed by atoms with Gasteiger partial charge in [-0.15, -0.1) is 0 Å². The summed E-state index contributed by atoms with van der Waals surface area (Å²) >= 11 is 5.65. The van der Waals surface area contributed by atoms with E-state index in [0.717, 1.165) is 0 Å². The van der Waals surface area contributed by atoms with E-state index in [1.54, 1.807) is 0 Å². The van der Waals surface area contributed by atoms with Gasteiger partial charge in [0, 0.05) is 0 Å². The molecule has 0 aromatic carbocycles. The molecule has 5 heteroatoms. The maximum atomic E-state index is 8.49. The molecule has 4 nitrogen and oxygen atoms in total. The second-order valence-electron chi connectivity index (χ2n) is 1.84. The van der Waals surface area contributed by atoms with E-state index in [2.05, 4.69) is 5.10 Å². The first-order valence-electron chi connectivity index (χ1n) is 2.83. The van der Waals surface area contributed by atoms with E-state index in [-0.39, 0.29) is 6.61 Å². The Kier molecular flexibility index (Phi) is 2.13. The molecule has 0 aliphatic heterocycles. The van der Waals surface area contributed by atoms with Crippen LogP contribution in [-0.2, 0) is 6.54 Å². The molecule has 0 bridgehead atoms. The Morgan fingerprint density at radius 1 is 1.80 bits per heavy atom. The molecule has 3 N–H and O–H groups in total. The Morgan fingerprint density at radius 3 is 2.90 bits per heavy atom. The second-order valence-corrected chi connectivity index (χ2v) is 2.20. The number of aromatic nitrogens is 2. The fourth-order valence-corrected chi connectivity index (χ4v) is 0.812. The van der Waals surface area contributed by atoms with Gasteiger partial charge < -0.3 is 10.8 Å². The number of aliphatic hydroxyl groups excluding tert-OH is 1. The first-order valence-corrected chi connectivity index (χ1v) is 3.21. The maximum Gasteiger partial charge on any atom is 0.150 e. The average molecular weight is 162 g/mol. The van der Waals surface area contributed by atoms with Crippen LogP contribution in [0, 0.1) is 0 Å². The summed E-state index contributed by atoms with van der Waals surface area (Å²) in [5.74, 6) is 0. The van der Waals surface area contributed by atoms with Crippen molar-refractivity contribution in [1.29, 1.82) is 0 Å². The van der Waals surface area contributed by atoms with E-state index in [1.807, 2.05) is 0 Å². The number of aliphatic hydroxyl groups is 1. The highest BCUT2D eigenvalue weighted by molar-refractivity contribution is 6.31. The van der Waals surface area contributed by atoms with Crippen LogP contribution in [0.1, 0.15) is 0 Å². The SMILES string of the molecule is Nc1cnn(CCO)c1Cl. The number of hydrogen-bond donors (Lipinski definition) is 2. The van der Waals surface area contributed by atoms with Gasteiger partial charge in [-0.2, -0.15) is 5.10 Å². The Morgan fingerprint density at radius 2 is 2.50 bits per heavy atom. The summed E-state index contributed by atoms with van der Waals surface area (Å²) in [6.07, 6.45) is 1.46. The molecule has 0 amide bonds. The molecule has 0 saturated heterocycles. The number of nitrogens with two attached hydrogens (primary N) is 1. The number of rotatable bonds is 2. The van der Waals surface area contributed by atoms with Gasteiger partial charge in [0.05, 0.1) is 25.0 Å². The van der Waals surface area contributed by atoms with Crippen molar-refractivity contribution >= 4 is 17.3 Å². The summed E-state index contributed by atoms with van der Waals surface area (Å²) in [6.45, 7) is 0.400. The lowest BCUT2D eigenvalue weighted by Crippen LogP contribution is -2.03. The molecule has 0 atom stereocenters. The molecule has 0 aliphatic rings. The van der Waals surface area contributed by atoms with Crippen LogP contribution in [0.3, 0.4) is 0 Å². The molecule has 0 fully saturated rings. The number of hydrogen-bond acceptors (Lipinski definition) is 3. The predicted molar refractivity (Wildman–Crippen MR) is 38.7 cm³/mol. The van der Waals surface area contributed by atoms with Crippen LogP contribution in [0.15, 0.2) is 6.20 Å². The molecule has 1 rings (SSSR count). The van der Waals surface area contributed by atoms with Crippen LogP contribution in [0.5, 0.6) is 0 Å². The Hall–Kier alpha value is -0.740. The minimum atomic E-state index is 0.0147. The highest BCUT2D eigenvalue weighted by Crippen LogP contribution is 2.16. The lowest BCUT2D eigenvalue weighted by molar-refractivity contribution is 0.269. The topological polar surface area (TPSA) is 64.1 Å². The quantitative estimate of drug-likeness (QED) is 0.647. The van der Waals surface area contributed by atoms with Crippen molar-refractivity contribution in [3.63, 3.8) is 0 Å². The molecule has 1 aromatic rings. The van der Waals surface area contributed by atoms with E-state index in [4.69, 9.17) is 22.4 Å². The zero-order valence-corrected chi connectivity index (χ0v) is 6.04. The molecule has 0 aliphatic carbocycles. The van der Waals surface area contributed by atoms with E-state index in [9.17, 15) is 0 Å². The zero-order valence-electron chi connectivity index (χ0n) is 5.29. The molecule has 56 valence electrons. The highest BCUT2D eigenvalue weighted by Gasteiger charge is 2.02. The fraction of sp³-hybridized carbons (Fsp3) is 0.400. The van der Waals surface area contributed by atoms with Crippen molar-refractivity contribution in [2.45, 2.75) is 6.54 Å². The van der Waals surface area contributed by atoms with Gasteiger partial charge >= 0.3 is 0 Å². The average Bonchev–Trinajstić information content (AvgIpc) is 2.20. The molecular formula is C5H8ClN3O. The van der Waals surface area contributed by atoms with Crippen LogP contribution in [-0.4, -0.2) is 21.5 Å². The molecule has 1 heterocycles. The molecule has 0 spiro atoms. The van der Waals surface area contributed by atoms with Gasteiger partial charge in [0.2, 0.25) is 0 Å². The monoisotopic (exact) mass is 161 g/mol. The van der Waals surface area contributed by atoms with Gasteiger partial charge in [-0.1, -0.05) is 11.6 Å². The Balaban J connectivity index is 2.83. The van der Waals surface area contributed by atoms with Crippen LogP contribution in [0.2, 0.25) is 5.15 Å². The highest BCUT2D eigenvalue weighted by atomic mass is 35.5. The predicted octanol–water partition coefficient (Wildman–Crippen LogP) is 0.111. The van der Waals surface area contributed by atoms with Gasteiger partial charge in [0.1, 0.15) is 5.15 Å². The van der Waals surface area contributed by atoms with Crippen molar-refractivity contribution in [2.75, 3.05) is 12.3 Å². The molecule has 10 heavy (non-hydrogen) atoms. The summed E-state index contributed by atoms with van der Waals surface area (Å²) in [5.41, 5.74) is 5.81. The summed E-state index contributed by atoms with van der Waals surface area (Å²) in [5, 5.41) is 12.7. The standard InChI is InChI=1S/C5H8ClN3O/c6-5-4(7)3-8-9(5)1-2-10/h3,10H,1-2,7H2. The zero-order chi connectivity index (χ0) is 7.56. The van der Waals surface area contributed by atoms with Crippen molar-refractivity contribution in [3.8, 4) is 0 Å². The van der Waals surface area contributed by atoms with Gasteiger partial charge in [-0.3, -0.25) is 0 Å². The second kappa shape index (κ2) is 2.90. The summed E-state index contributed by atoms with van der Waals surface area (Å²) < 4.78 is 1.44. The third kappa shape index (κ3) is 1.22. The van der Waals surface area contributed by atoms with Gasteiger partial charge in [0.15, 0.2) is 0 Å². The Bertz CT molecular complexity index is 223. The molecule has 0 unspecified atom stereocenters. The number of halogens is 1. The van der Waals surface area contributed by atoms with Crippen molar-refractivity contribution < 1.29 is 5.11 Å². The lowest BCUT2D eigenvalue weighted by Gasteiger charge is -1.97. The summed E-state index contributed by atoms with van der Waals surface area (Å²) in [4.78, 5) is 0. The smallest absolute Gasteiger partial charge is 0.150 e. The molecular weight excluding hydrogens is 154 g/mol. The maximum absolute atomic E-state index is 8.49. The first-order chi connectivity index (χ1) is 4.75. The van der Waals surface area contributed by atoms with E-state index < -0.39 is 0 Å². The first kappa shape index (κ1) is 7.37. The van der Waals surface area contributed by atoms with E-state index >= 15 is 0 Å². The van der Waals surface area contributed by atoms with Crippen LogP contribution in [0.25, 0.3) is 0 Å². The Labute approximate surface area is 63.2 Å². The van der Waals surface area contributed by atoms with Crippen LogP contribution in [0.4, 0.5) is 5.69 Å². The summed E-state index contributed by atoms with van der Waals surface area (Å²) in [7, 11) is 0. The molecule has 0 radical (unpaired) electrons. The minimum Gasteiger partial charge on any atom is -0.395 e. The fourth-order valence-electron chi connectivity index (χ4n) is 0.635. The molecule has 1 aromatic heterocycles. The van der Waals surface area contributed by atoms with Gasteiger partial charge in [-0.25, -0.2) is 4.68 Å². The minimum absolute atomic E-state index is 0.0147. The van der Waals surface area contributed by atoms with Crippen LogP contribution < -0.4 is 5.73 Å². The van der Waals surface area contributed by atoms with Crippen molar-refractivity contribution in [3.05, 3.63) is 11.3 Å². The van der Waals surface area contributed by atoms with Crippen LogP contribution >= 0.6 is 11.6 Å². The van der Waals surface area contributed by atoms with E-state index in [1.165, 1.54) is 10.9 Å². The van der Waals surface area contributed by atoms with Gasteiger partial charge in [-0.05, 0) is 0 Å². The lowest BCUT2D eigenvalue weighted by atomic mass is 10.6. The number of anilines is 1. The van der Waals surface area contributed by atoms with Gasteiger partial charge in [0.25, 0.3) is 0 Å². The third-order valence-corrected chi connectivity index (χ3v) is 1.53. The van der Waals surface area contributed by atoms with Crippen molar-refractivity contribution in [1.82, 2.24) is 9.78 Å². The largest absolute Gasteiger partial charge is 0.395 e. The number of nitrogen functional groups attached to an aromatic ring is 1. The summed E-state index contributed by atoms with van der Waals surface area (Å²) in [6, 6.07) is 0.